The Hall–Kier alpha value is -1.13. The van der Waals surface area contributed by atoms with Gasteiger partial charge in [0.2, 0.25) is 5.88 Å². The number of nitrogens with zero attached hydrogens (tertiary/aromatic N) is 1. The molecule has 4 heteroatoms. The number of hydrogen-bond donors (Lipinski definition) is 1. The maximum Gasteiger partial charge on any atom is 0.217 e. The Morgan fingerprint density at radius 1 is 1.41 bits per heavy atom. The zero-order chi connectivity index (χ0) is 12.5. The van der Waals surface area contributed by atoms with Crippen molar-refractivity contribution in [3.8, 4) is 5.88 Å². The van der Waals surface area contributed by atoms with Gasteiger partial charge in [-0.15, -0.1) is 0 Å². The van der Waals surface area contributed by atoms with Gasteiger partial charge in [0.1, 0.15) is 0 Å². The number of pyridine rings is 1. The molecular formula is C13H22N2O2. The number of methoxy groups -OCH3 is 2. The van der Waals surface area contributed by atoms with E-state index in [2.05, 4.69) is 23.3 Å². The van der Waals surface area contributed by atoms with E-state index in [-0.39, 0.29) is 6.04 Å². The topological polar surface area (TPSA) is 43.4 Å². The van der Waals surface area contributed by atoms with Gasteiger partial charge < -0.3 is 14.8 Å². The molecule has 1 aromatic heterocycles. The van der Waals surface area contributed by atoms with Crippen LogP contribution in [0.15, 0.2) is 18.3 Å². The van der Waals surface area contributed by atoms with Crippen molar-refractivity contribution in [1.29, 1.82) is 0 Å². The summed E-state index contributed by atoms with van der Waals surface area (Å²) in [5.74, 6) is 0.705. The highest BCUT2D eigenvalue weighted by atomic mass is 16.5. The summed E-state index contributed by atoms with van der Waals surface area (Å²) in [6.45, 7) is 3.81. The Bertz CT molecular complexity index is 318. The first kappa shape index (κ1) is 13.9. The second-order valence-electron chi connectivity index (χ2n) is 3.85. The van der Waals surface area contributed by atoms with E-state index in [1.807, 2.05) is 6.07 Å². The fourth-order valence-electron chi connectivity index (χ4n) is 1.88. The molecule has 1 rings (SSSR count). The molecule has 0 saturated carbocycles. The van der Waals surface area contributed by atoms with Gasteiger partial charge in [-0.3, -0.25) is 0 Å². The van der Waals surface area contributed by atoms with E-state index in [0.29, 0.717) is 5.88 Å². The van der Waals surface area contributed by atoms with Crippen LogP contribution in [-0.4, -0.2) is 32.4 Å². The van der Waals surface area contributed by atoms with Crippen molar-refractivity contribution in [1.82, 2.24) is 10.3 Å². The van der Waals surface area contributed by atoms with Crippen LogP contribution in [0.3, 0.4) is 0 Å². The minimum absolute atomic E-state index is 0.277. The van der Waals surface area contributed by atoms with E-state index in [9.17, 15) is 0 Å². The molecule has 0 saturated heterocycles. The lowest BCUT2D eigenvalue weighted by atomic mass is 10.0. The zero-order valence-electron chi connectivity index (χ0n) is 10.9. The Labute approximate surface area is 103 Å². The third-order valence-corrected chi connectivity index (χ3v) is 2.66. The molecule has 0 aliphatic carbocycles. The minimum Gasteiger partial charge on any atom is -0.481 e. The second-order valence-corrected chi connectivity index (χ2v) is 3.85. The van der Waals surface area contributed by atoms with Crippen LogP contribution >= 0.6 is 0 Å². The number of rotatable bonds is 8. The molecule has 1 heterocycles. The first-order chi connectivity index (χ1) is 8.33. The Morgan fingerprint density at radius 2 is 2.24 bits per heavy atom. The molecular weight excluding hydrogens is 216 g/mol. The van der Waals surface area contributed by atoms with E-state index in [1.54, 1.807) is 20.4 Å². The van der Waals surface area contributed by atoms with E-state index in [1.165, 1.54) is 0 Å². The SMILES string of the molecule is CCNC(CCCOC)c1cccnc1OC. The lowest BCUT2D eigenvalue weighted by Crippen LogP contribution is -2.22. The predicted octanol–water partition coefficient (Wildman–Crippen LogP) is 2.17. The third kappa shape index (κ3) is 4.32. The lowest BCUT2D eigenvalue weighted by Gasteiger charge is -2.19. The summed E-state index contributed by atoms with van der Waals surface area (Å²) in [5.41, 5.74) is 1.12. The van der Waals surface area contributed by atoms with Crippen LogP contribution in [0.25, 0.3) is 0 Å². The molecule has 1 N–H and O–H groups in total. The molecule has 0 amide bonds. The molecule has 0 fully saturated rings. The van der Waals surface area contributed by atoms with Crippen molar-refractivity contribution < 1.29 is 9.47 Å². The van der Waals surface area contributed by atoms with Crippen molar-refractivity contribution in [2.24, 2.45) is 0 Å². The van der Waals surface area contributed by atoms with Gasteiger partial charge in [-0.2, -0.15) is 0 Å². The van der Waals surface area contributed by atoms with Crippen LogP contribution in [0.4, 0.5) is 0 Å². The standard InChI is InChI=1S/C13H22N2O2/c1-4-14-12(8-6-10-16-2)11-7-5-9-15-13(11)17-3/h5,7,9,12,14H,4,6,8,10H2,1-3H3. The van der Waals surface area contributed by atoms with Gasteiger partial charge in [0, 0.05) is 31.5 Å². The Morgan fingerprint density at radius 3 is 2.88 bits per heavy atom. The van der Waals surface area contributed by atoms with Crippen molar-refractivity contribution in [3.63, 3.8) is 0 Å². The molecule has 1 atom stereocenters. The number of aromatic nitrogens is 1. The molecule has 0 spiro atoms. The molecule has 0 bridgehead atoms. The van der Waals surface area contributed by atoms with Gasteiger partial charge in [-0.05, 0) is 25.5 Å². The highest BCUT2D eigenvalue weighted by Crippen LogP contribution is 2.25. The van der Waals surface area contributed by atoms with Gasteiger partial charge in [-0.1, -0.05) is 13.0 Å². The summed E-state index contributed by atoms with van der Waals surface area (Å²) in [6.07, 6.45) is 3.79. The van der Waals surface area contributed by atoms with Crippen LogP contribution in [0, 0.1) is 0 Å². The van der Waals surface area contributed by atoms with Crippen LogP contribution in [0.5, 0.6) is 5.88 Å². The van der Waals surface area contributed by atoms with Crippen LogP contribution in [-0.2, 0) is 4.74 Å². The van der Waals surface area contributed by atoms with Gasteiger partial charge in [0.05, 0.1) is 7.11 Å². The maximum absolute atomic E-state index is 5.30. The predicted molar refractivity (Wildman–Crippen MR) is 68.3 cm³/mol. The smallest absolute Gasteiger partial charge is 0.217 e. The maximum atomic E-state index is 5.30. The van der Waals surface area contributed by atoms with Crippen molar-refractivity contribution >= 4 is 0 Å². The van der Waals surface area contributed by atoms with Gasteiger partial charge in [-0.25, -0.2) is 4.98 Å². The summed E-state index contributed by atoms with van der Waals surface area (Å²) in [5, 5.41) is 3.46. The van der Waals surface area contributed by atoms with E-state index in [0.717, 1.165) is 31.6 Å². The quantitative estimate of drug-likeness (QED) is 0.705. The summed E-state index contributed by atoms with van der Waals surface area (Å²) in [7, 11) is 3.39. The Balaban J connectivity index is 2.73. The van der Waals surface area contributed by atoms with Crippen molar-refractivity contribution in [2.75, 3.05) is 27.4 Å². The van der Waals surface area contributed by atoms with Crippen LogP contribution in [0.2, 0.25) is 0 Å². The van der Waals surface area contributed by atoms with Crippen LogP contribution < -0.4 is 10.1 Å². The first-order valence-electron chi connectivity index (χ1n) is 6.04. The molecule has 0 aliphatic heterocycles. The third-order valence-electron chi connectivity index (χ3n) is 2.66. The van der Waals surface area contributed by atoms with Gasteiger partial charge in [0.15, 0.2) is 0 Å². The van der Waals surface area contributed by atoms with E-state index in [4.69, 9.17) is 9.47 Å². The highest BCUT2D eigenvalue weighted by Gasteiger charge is 2.15. The number of ether oxygens (including phenoxy) is 2. The average Bonchev–Trinajstić information content (AvgIpc) is 2.38. The molecule has 0 radical (unpaired) electrons. The Kier molecular flexibility index (Phi) is 6.58. The zero-order valence-corrected chi connectivity index (χ0v) is 10.9. The summed E-state index contributed by atoms with van der Waals surface area (Å²) in [4.78, 5) is 4.24. The fourth-order valence-corrected chi connectivity index (χ4v) is 1.88. The van der Waals surface area contributed by atoms with Crippen LogP contribution in [0.1, 0.15) is 31.4 Å². The minimum atomic E-state index is 0.277. The normalized spacial score (nSPS) is 12.4. The van der Waals surface area contributed by atoms with Crippen molar-refractivity contribution in [3.05, 3.63) is 23.9 Å². The lowest BCUT2D eigenvalue weighted by molar-refractivity contribution is 0.188. The largest absolute Gasteiger partial charge is 0.481 e. The second kappa shape index (κ2) is 8.03. The van der Waals surface area contributed by atoms with Gasteiger partial charge in [0.25, 0.3) is 0 Å². The first-order valence-corrected chi connectivity index (χ1v) is 6.04. The summed E-state index contributed by atoms with van der Waals surface area (Å²) in [6, 6.07) is 4.28. The molecule has 96 valence electrons. The molecule has 4 nitrogen and oxygen atoms in total. The van der Waals surface area contributed by atoms with Gasteiger partial charge >= 0.3 is 0 Å². The molecule has 1 aromatic rings. The molecule has 17 heavy (non-hydrogen) atoms. The number of hydrogen-bond acceptors (Lipinski definition) is 4. The monoisotopic (exact) mass is 238 g/mol. The number of nitrogens with one attached hydrogen (secondary N) is 1. The fraction of sp³-hybridized carbons (Fsp3) is 0.615. The molecule has 1 unspecified atom stereocenters. The van der Waals surface area contributed by atoms with E-state index >= 15 is 0 Å². The van der Waals surface area contributed by atoms with Crippen molar-refractivity contribution in [2.45, 2.75) is 25.8 Å². The summed E-state index contributed by atoms with van der Waals surface area (Å²) >= 11 is 0. The van der Waals surface area contributed by atoms with E-state index < -0.39 is 0 Å². The summed E-state index contributed by atoms with van der Waals surface area (Å²) < 4.78 is 10.4. The molecule has 0 aliphatic rings. The highest BCUT2D eigenvalue weighted by molar-refractivity contribution is 5.28. The molecule has 0 aromatic carbocycles. The average molecular weight is 238 g/mol.